The predicted octanol–water partition coefficient (Wildman–Crippen LogP) is 3.71. The molecule has 0 saturated heterocycles. The van der Waals surface area contributed by atoms with Gasteiger partial charge in [0.05, 0.1) is 11.4 Å². The summed E-state index contributed by atoms with van der Waals surface area (Å²) >= 11 is 10.2. The number of benzene rings is 2. The number of ether oxygens (including phenoxy) is 2. The van der Waals surface area contributed by atoms with Crippen LogP contribution >= 0.6 is 46.0 Å². The molecule has 0 unspecified atom stereocenters. The van der Waals surface area contributed by atoms with Gasteiger partial charge in [0.25, 0.3) is 0 Å². The maximum absolute atomic E-state index is 10.2. The highest BCUT2D eigenvalue weighted by Crippen LogP contribution is 2.35. The van der Waals surface area contributed by atoms with Crippen molar-refractivity contribution < 1.29 is 19.9 Å². The Morgan fingerprint density at radius 2 is 1.07 bits per heavy atom. The summed E-state index contributed by atoms with van der Waals surface area (Å²) in [6.45, 7) is -0.0384. The van der Waals surface area contributed by atoms with Crippen LogP contribution in [0.2, 0.25) is 0 Å². The summed E-state index contributed by atoms with van der Waals surface area (Å²) < 4.78 is 17.0. The number of hydrogen-bond donors (Lipinski definition) is 4. The summed E-state index contributed by atoms with van der Waals surface area (Å²) in [5.74, 6) is 1.17. The lowest BCUT2D eigenvalue weighted by Gasteiger charge is -2.07. The monoisotopic (exact) mass is 694 g/mol. The Hall–Kier alpha value is -5.18. The van der Waals surface area contributed by atoms with E-state index in [1.807, 2.05) is 0 Å². The first kappa shape index (κ1) is 30.8. The molecule has 4 heterocycles. The number of rotatable bonds is 11. The second-order valence-corrected chi connectivity index (χ2v) is 12.0. The van der Waals surface area contributed by atoms with Crippen LogP contribution in [0.15, 0.2) is 105 Å². The Kier molecular flexibility index (Phi) is 9.57. The van der Waals surface area contributed by atoms with Crippen LogP contribution in [0.3, 0.4) is 0 Å². The number of hydrogen-bond acceptors (Lipinski definition) is 14. The first-order valence-electron chi connectivity index (χ1n) is 13.1. The molecule has 20 heteroatoms. The van der Waals surface area contributed by atoms with Gasteiger partial charge < -0.3 is 19.9 Å². The van der Waals surface area contributed by atoms with E-state index in [1.165, 1.54) is 34.0 Å². The predicted molar refractivity (Wildman–Crippen MR) is 170 cm³/mol. The molecule has 4 aromatic heterocycles. The standard InChI is InChI=1S/C26H22N12O4S4/c39-35-11-9-21(13-23(35)27-15-41-19-5-1-17(2-6-19)37-25(43)29-31-33-37)45-46-22-10-12-36(40)24(14-22)28-16-42-20-7-3-18(4-8-20)38-26(44)30-32-34-38/h1-14,39-40H,15-16H2,(H,29,33,43)(H,30,34,44)/b27-23+,28-24+. The minimum atomic E-state index is -0.0192. The zero-order valence-electron chi connectivity index (χ0n) is 23.3. The van der Waals surface area contributed by atoms with Crippen LogP contribution in [0.1, 0.15) is 0 Å². The van der Waals surface area contributed by atoms with Crippen LogP contribution in [0.25, 0.3) is 11.4 Å². The molecule has 2 aromatic carbocycles. The minimum Gasteiger partial charge on any atom is -0.471 e. The highest BCUT2D eigenvalue weighted by Gasteiger charge is 2.04. The van der Waals surface area contributed by atoms with Crippen LogP contribution < -0.4 is 20.4 Å². The maximum Gasteiger partial charge on any atom is 0.242 e. The van der Waals surface area contributed by atoms with E-state index < -0.39 is 0 Å². The summed E-state index contributed by atoms with van der Waals surface area (Å²) in [4.78, 5) is 10.4. The van der Waals surface area contributed by atoms with E-state index in [1.54, 1.807) is 82.2 Å². The van der Waals surface area contributed by atoms with Crippen molar-refractivity contribution in [1.29, 1.82) is 0 Å². The number of nitrogens with zero attached hydrogens (tertiary/aromatic N) is 10. The van der Waals surface area contributed by atoms with Crippen molar-refractivity contribution in [3.63, 3.8) is 0 Å². The highest BCUT2D eigenvalue weighted by molar-refractivity contribution is 8.76. The molecule has 16 nitrogen and oxygen atoms in total. The van der Waals surface area contributed by atoms with Crippen LogP contribution in [-0.2, 0) is 0 Å². The van der Waals surface area contributed by atoms with Crippen molar-refractivity contribution in [3.8, 4) is 22.9 Å². The molecule has 234 valence electrons. The fraction of sp³-hybridized carbons (Fsp3) is 0.0769. The quantitative estimate of drug-likeness (QED) is 0.0877. The van der Waals surface area contributed by atoms with E-state index in [4.69, 9.17) is 33.9 Å². The molecule has 0 aliphatic heterocycles. The molecule has 0 bridgehead atoms. The minimum absolute atomic E-state index is 0.0192. The Morgan fingerprint density at radius 3 is 1.43 bits per heavy atom. The fourth-order valence-corrected chi connectivity index (χ4v) is 6.13. The first-order chi connectivity index (χ1) is 22.4. The molecular weight excluding hydrogens is 673 g/mol. The molecule has 0 amide bonds. The number of nitrogens with one attached hydrogen (secondary N) is 2. The molecule has 6 aromatic rings. The molecule has 0 saturated carbocycles. The van der Waals surface area contributed by atoms with Crippen LogP contribution in [0, 0.1) is 9.54 Å². The summed E-state index contributed by atoms with van der Waals surface area (Å²) in [5.41, 5.74) is 2.13. The van der Waals surface area contributed by atoms with Gasteiger partial charge in [-0.1, -0.05) is 42.2 Å². The zero-order valence-corrected chi connectivity index (χ0v) is 26.6. The van der Waals surface area contributed by atoms with Crippen molar-refractivity contribution in [2.24, 2.45) is 9.98 Å². The Morgan fingerprint density at radius 1 is 0.652 bits per heavy atom. The maximum atomic E-state index is 10.2. The van der Waals surface area contributed by atoms with Crippen molar-refractivity contribution in [1.82, 2.24) is 49.9 Å². The summed E-state index contributed by atoms with van der Waals surface area (Å²) in [5, 5.41) is 40.7. The smallest absolute Gasteiger partial charge is 0.242 e. The molecule has 0 radical (unpaired) electrons. The van der Waals surface area contributed by atoms with Crippen LogP contribution in [0.5, 0.6) is 11.5 Å². The van der Waals surface area contributed by atoms with Crippen LogP contribution in [-0.4, -0.2) is 73.8 Å². The molecule has 0 aliphatic carbocycles. The second kappa shape index (κ2) is 14.3. The molecule has 0 atom stereocenters. The van der Waals surface area contributed by atoms with E-state index in [-0.39, 0.29) is 13.5 Å². The number of pyridine rings is 2. The third-order valence-electron chi connectivity index (χ3n) is 6.05. The largest absolute Gasteiger partial charge is 0.471 e. The lowest BCUT2D eigenvalue weighted by atomic mass is 10.3. The first-order valence-corrected chi connectivity index (χ1v) is 16.1. The SMILES string of the molecule is On1ccc(SSc2ccn(O)/c(=N/COc3ccc(-n4[nH]nnc4=S)cc3)c2)c/c1=N\COc1ccc(-n2[nH]nnc2=S)cc1. The number of aromatic nitrogens is 10. The molecule has 4 N–H and O–H groups in total. The average molecular weight is 695 g/mol. The van der Waals surface area contributed by atoms with E-state index in [9.17, 15) is 10.4 Å². The van der Waals surface area contributed by atoms with Gasteiger partial charge in [0, 0.05) is 22.2 Å². The van der Waals surface area contributed by atoms with Gasteiger partial charge in [-0.3, -0.25) is 0 Å². The summed E-state index contributed by atoms with van der Waals surface area (Å²) in [7, 11) is 2.89. The van der Waals surface area contributed by atoms with Gasteiger partial charge in [-0.25, -0.2) is 19.3 Å². The third kappa shape index (κ3) is 7.54. The fourth-order valence-electron chi connectivity index (χ4n) is 3.82. The Bertz CT molecular complexity index is 2040. The number of tetrazole rings is 2. The van der Waals surface area contributed by atoms with Gasteiger partial charge in [0.1, 0.15) is 11.5 Å². The second-order valence-electron chi connectivity index (χ2n) is 8.98. The summed E-state index contributed by atoms with van der Waals surface area (Å²) in [6, 6.07) is 21.2. The third-order valence-corrected chi connectivity index (χ3v) is 8.96. The van der Waals surface area contributed by atoms with Gasteiger partial charge in [0.2, 0.25) is 9.54 Å². The van der Waals surface area contributed by atoms with E-state index in [0.717, 1.165) is 30.6 Å². The number of H-pyrrole nitrogens is 2. The topological polar surface area (TPSA) is 186 Å². The Balaban J connectivity index is 1.05. The van der Waals surface area contributed by atoms with Crippen molar-refractivity contribution in [2.75, 3.05) is 13.5 Å². The molecule has 6 rings (SSSR count). The van der Waals surface area contributed by atoms with Crippen molar-refractivity contribution in [3.05, 3.63) is 106 Å². The molecule has 46 heavy (non-hydrogen) atoms. The van der Waals surface area contributed by atoms with Gasteiger partial charge in [-0.15, -0.1) is 0 Å². The van der Waals surface area contributed by atoms with E-state index in [2.05, 4.69) is 41.0 Å². The molecule has 0 aliphatic rings. The summed E-state index contributed by atoms with van der Waals surface area (Å²) in [6.07, 6.45) is 2.99. The Labute approximate surface area is 276 Å². The molecular formula is C26H22N12O4S4. The normalized spacial score (nSPS) is 12.0. The molecule has 0 spiro atoms. The van der Waals surface area contributed by atoms with Gasteiger partial charge >= 0.3 is 0 Å². The number of aromatic amines is 2. The van der Waals surface area contributed by atoms with E-state index >= 15 is 0 Å². The lowest BCUT2D eigenvalue weighted by molar-refractivity contribution is 0.168. The van der Waals surface area contributed by atoms with Gasteiger partial charge in [0.15, 0.2) is 24.4 Å². The van der Waals surface area contributed by atoms with E-state index in [0.29, 0.717) is 32.0 Å². The van der Waals surface area contributed by atoms with Crippen molar-refractivity contribution in [2.45, 2.75) is 9.79 Å². The average Bonchev–Trinajstić information content (AvgIpc) is 3.70. The zero-order chi connectivity index (χ0) is 31.9. The molecule has 0 fully saturated rings. The van der Waals surface area contributed by atoms with Crippen LogP contribution in [0.4, 0.5) is 0 Å². The van der Waals surface area contributed by atoms with Gasteiger partial charge in [-0.2, -0.15) is 19.9 Å². The highest BCUT2D eigenvalue weighted by atomic mass is 33.1. The lowest BCUT2D eigenvalue weighted by Crippen LogP contribution is -2.19. The van der Waals surface area contributed by atoms with Gasteiger partial charge in [-0.05, 0) is 97.2 Å². The van der Waals surface area contributed by atoms with Crippen molar-refractivity contribution >= 4 is 46.0 Å².